The Bertz CT molecular complexity index is 655. The van der Waals surface area contributed by atoms with E-state index >= 15 is 0 Å². The second-order valence-electron chi connectivity index (χ2n) is 4.14. The number of imidazole rings is 1. The lowest BCUT2D eigenvalue weighted by Gasteiger charge is -2.06. The smallest absolute Gasteiger partial charge is 0.270 e. The van der Waals surface area contributed by atoms with Gasteiger partial charge in [-0.15, -0.1) is 0 Å². The van der Waals surface area contributed by atoms with Crippen molar-refractivity contribution in [2.45, 2.75) is 13.5 Å². The van der Waals surface area contributed by atoms with E-state index in [9.17, 15) is 19.3 Å². The lowest BCUT2D eigenvalue weighted by molar-refractivity contribution is -0.385. The number of halogens is 1. The van der Waals surface area contributed by atoms with E-state index in [2.05, 4.69) is 15.3 Å². The molecule has 1 amide bonds. The maximum absolute atomic E-state index is 13.9. The van der Waals surface area contributed by atoms with Crippen LogP contribution in [0.5, 0.6) is 0 Å². The van der Waals surface area contributed by atoms with Gasteiger partial charge in [0.25, 0.3) is 11.6 Å². The summed E-state index contributed by atoms with van der Waals surface area (Å²) in [5.74, 6) is -1.48. The zero-order valence-electron chi connectivity index (χ0n) is 10.5. The minimum atomic E-state index is -0.766. The molecule has 0 saturated heterocycles. The van der Waals surface area contributed by atoms with Gasteiger partial charge in [-0.05, 0) is 12.5 Å². The third-order valence-corrected chi connectivity index (χ3v) is 2.69. The SMILES string of the molecule is Cc1cc([N+](=O)[O-])cc(C(=O)NCc2cnc[nH]2)c1F. The molecule has 2 aromatic rings. The number of nitrogens with zero attached hydrogens (tertiary/aromatic N) is 2. The van der Waals surface area contributed by atoms with Crippen LogP contribution in [0.4, 0.5) is 10.1 Å². The number of aromatic nitrogens is 2. The van der Waals surface area contributed by atoms with Crippen LogP contribution in [0.2, 0.25) is 0 Å². The third kappa shape index (κ3) is 2.79. The van der Waals surface area contributed by atoms with Gasteiger partial charge in [0, 0.05) is 18.3 Å². The third-order valence-electron chi connectivity index (χ3n) is 2.69. The van der Waals surface area contributed by atoms with E-state index in [1.165, 1.54) is 19.4 Å². The molecule has 0 fully saturated rings. The minimum Gasteiger partial charge on any atom is -0.347 e. The molecule has 2 N–H and O–H groups in total. The Morgan fingerprint density at radius 1 is 1.55 bits per heavy atom. The average Bonchev–Trinajstić information content (AvgIpc) is 2.92. The van der Waals surface area contributed by atoms with E-state index in [1.54, 1.807) is 0 Å². The van der Waals surface area contributed by atoms with Gasteiger partial charge in [0.1, 0.15) is 5.82 Å². The normalized spacial score (nSPS) is 10.3. The summed E-state index contributed by atoms with van der Waals surface area (Å²) in [7, 11) is 0. The fourth-order valence-electron chi connectivity index (χ4n) is 1.67. The zero-order chi connectivity index (χ0) is 14.7. The van der Waals surface area contributed by atoms with Crippen LogP contribution in [0.25, 0.3) is 0 Å². The molecule has 0 bridgehead atoms. The minimum absolute atomic E-state index is 0.0471. The average molecular weight is 278 g/mol. The summed E-state index contributed by atoms with van der Waals surface area (Å²) in [5, 5.41) is 13.2. The van der Waals surface area contributed by atoms with Gasteiger partial charge >= 0.3 is 0 Å². The molecule has 1 aromatic heterocycles. The van der Waals surface area contributed by atoms with Crippen LogP contribution in [0.1, 0.15) is 21.6 Å². The van der Waals surface area contributed by atoms with Gasteiger partial charge in [-0.2, -0.15) is 0 Å². The molecule has 20 heavy (non-hydrogen) atoms. The van der Waals surface area contributed by atoms with Gasteiger partial charge in [0.2, 0.25) is 0 Å². The zero-order valence-corrected chi connectivity index (χ0v) is 10.5. The predicted octanol–water partition coefficient (Wildman–Crippen LogP) is 1.70. The Morgan fingerprint density at radius 3 is 2.90 bits per heavy atom. The lowest BCUT2D eigenvalue weighted by atomic mass is 10.1. The van der Waals surface area contributed by atoms with Crippen molar-refractivity contribution in [1.82, 2.24) is 15.3 Å². The van der Waals surface area contributed by atoms with Crippen molar-refractivity contribution in [3.63, 3.8) is 0 Å². The molecule has 0 aliphatic heterocycles. The highest BCUT2D eigenvalue weighted by Gasteiger charge is 2.19. The summed E-state index contributed by atoms with van der Waals surface area (Å²) >= 11 is 0. The van der Waals surface area contributed by atoms with E-state index in [1.807, 2.05) is 0 Å². The molecule has 0 aliphatic carbocycles. The largest absolute Gasteiger partial charge is 0.347 e. The molecule has 1 heterocycles. The summed E-state index contributed by atoms with van der Waals surface area (Å²) < 4.78 is 13.9. The molecule has 1 aromatic carbocycles. The number of carbonyl (C=O) groups is 1. The summed E-state index contributed by atoms with van der Waals surface area (Å²) in [6, 6.07) is 2.01. The van der Waals surface area contributed by atoms with Crippen LogP contribution < -0.4 is 5.32 Å². The van der Waals surface area contributed by atoms with Gasteiger partial charge in [-0.25, -0.2) is 9.37 Å². The van der Waals surface area contributed by atoms with Gasteiger partial charge < -0.3 is 10.3 Å². The number of carbonyl (C=O) groups excluding carboxylic acids is 1. The Labute approximate surface area is 113 Å². The first kappa shape index (κ1) is 13.7. The fraction of sp³-hybridized carbons (Fsp3) is 0.167. The highest BCUT2D eigenvalue weighted by Crippen LogP contribution is 2.21. The Morgan fingerprint density at radius 2 is 2.30 bits per heavy atom. The van der Waals surface area contributed by atoms with Crippen LogP contribution in [0.3, 0.4) is 0 Å². The van der Waals surface area contributed by atoms with E-state index < -0.39 is 16.6 Å². The number of aryl methyl sites for hydroxylation is 1. The Balaban J connectivity index is 2.22. The first-order valence-corrected chi connectivity index (χ1v) is 5.69. The van der Waals surface area contributed by atoms with Gasteiger partial charge in [0.05, 0.1) is 29.1 Å². The Kier molecular flexibility index (Phi) is 3.74. The molecule has 0 saturated carbocycles. The number of benzene rings is 1. The molecule has 0 aliphatic rings. The Hall–Kier alpha value is -2.77. The lowest BCUT2D eigenvalue weighted by Crippen LogP contribution is -2.24. The van der Waals surface area contributed by atoms with Crippen molar-refractivity contribution in [2.24, 2.45) is 0 Å². The van der Waals surface area contributed by atoms with Gasteiger partial charge in [0.15, 0.2) is 0 Å². The van der Waals surface area contributed by atoms with Crippen molar-refractivity contribution in [1.29, 1.82) is 0 Å². The van der Waals surface area contributed by atoms with Crippen LogP contribution >= 0.6 is 0 Å². The molecular weight excluding hydrogens is 267 g/mol. The number of hydrogen-bond acceptors (Lipinski definition) is 4. The maximum atomic E-state index is 13.9. The second kappa shape index (κ2) is 5.47. The molecular formula is C12H11FN4O3. The predicted molar refractivity (Wildman–Crippen MR) is 67.5 cm³/mol. The number of nitrogens with one attached hydrogen (secondary N) is 2. The summed E-state index contributed by atoms with van der Waals surface area (Å²) in [4.78, 5) is 28.5. The van der Waals surface area contributed by atoms with Crippen LogP contribution in [-0.2, 0) is 6.54 Å². The highest BCUT2D eigenvalue weighted by molar-refractivity contribution is 5.95. The second-order valence-corrected chi connectivity index (χ2v) is 4.14. The number of rotatable bonds is 4. The fourth-order valence-corrected chi connectivity index (χ4v) is 1.67. The quantitative estimate of drug-likeness (QED) is 0.656. The molecule has 0 atom stereocenters. The molecule has 0 unspecified atom stereocenters. The van der Waals surface area contributed by atoms with Crippen LogP contribution in [-0.4, -0.2) is 20.8 Å². The number of aromatic amines is 1. The monoisotopic (exact) mass is 278 g/mol. The number of amides is 1. The molecule has 104 valence electrons. The van der Waals surface area contributed by atoms with E-state index in [0.29, 0.717) is 5.69 Å². The van der Waals surface area contributed by atoms with Crippen molar-refractivity contribution in [2.75, 3.05) is 0 Å². The summed E-state index contributed by atoms with van der Waals surface area (Å²) in [6.45, 7) is 1.49. The van der Waals surface area contributed by atoms with E-state index in [0.717, 1.165) is 12.1 Å². The maximum Gasteiger partial charge on any atom is 0.270 e. The van der Waals surface area contributed by atoms with Crippen LogP contribution in [0, 0.1) is 22.9 Å². The number of hydrogen-bond donors (Lipinski definition) is 2. The first-order chi connectivity index (χ1) is 9.49. The van der Waals surface area contributed by atoms with Crippen molar-refractivity contribution >= 4 is 11.6 Å². The summed E-state index contributed by atoms with van der Waals surface area (Å²) in [5.41, 5.74) is 0.0126. The standard InChI is InChI=1S/C12H11FN4O3/c1-7-2-9(17(19)20)3-10(11(7)13)12(18)15-5-8-4-14-6-16-8/h2-4,6H,5H2,1H3,(H,14,16)(H,15,18). The van der Waals surface area contributed by atoms with E-state index in [4.69, 9.17) is 0 Å². The first-order valence-electron chi connectivity index (χ1n) is 5.69. The summed E-state index contributed by atoms with van der Waals surface area (Å²) in [6.07, 6.45) is 2.95. The number of nitro groups is 1. The van der Waals surface area contributed by atoms with Gasteiger partial charge in [-0.1, -0.05) is 0 Å². The molecule has 7 nitrogen and oxygen atoms in total. The molecule has 0 spiro atoms. The molecule has 8 heteroatoms. The number of non-ortho nitro benzene ring substituents is 1. The number of H-pyrrole nitrogens is 1. The van der Waals surface area contributed by atoms with Crippen LogP contribution in [0.15, 0.2) is 24.7 Å². The topological polar surface area (TPSA) is 101 Å². The molecule has 0 radical (unpaired) electrons. The molecule has 2 rings (SSSR count). The number of nitro benzene ring substituents is 1. The van der Waals surface area contributed by atoms with Crippen molar-refractivity contribution < 1.29 is 14.1 Å². The highest BCUT2D eigenvalue weighted by atomic mass is 19.1. The van der Waals surface area contributed by atoms with E-state index in [-0.39, 0.29) is 23.4 Å². The van der Waals surface area contributed by atoms with Crippen molar-refractivity contribution in [3.05, 3.63) is 57.4 Å². The van der Waals surface area contributed by atoms with Crippen molar-refractivity contribution in [3.8, 4) is 0 Å². The van der Waals surface area contributed by atoms with Gasteiger partial charge in [-0.3, -0.25) is 14.9 Å².